The first-order valence-corrected chi connectivity index (χ1v) is 13.2. The lowest BCUT2D eigenvalue weighted by Crippen LogP contribution is -2.26. The highest BCUT2D eigenvalue weighted by Crippen LogP contribution is 2.54. The summed E-state index contributed by atoms with van der Waals surface area (Å²) in [6.07, 6.45) is -3.69. The molecule has 0 fully saturated rings. The zero-order valence-electron chi connectivity index (χ0n) is 22.9. The van der Waals surface area contributed by atoms with Crippen LogP contribution in [0.4, 0.5) is 14.6 Å². The van der Waals surface area contributed by atoms with Gasteiger partial charge in [0, 0.05) is 17.9 Å². The van der Waals surface area contributed by atoms with Crippen LogP contribution < -0.4 is 19.5 Å². The van der Waals surface area contributed by atoms with Gasteiger partial charge in [0.25, 0.3) is 0 Å². The molecule has 5 rings (SSSR count). The number of carbonyl (C=O) groups is 2. The number of nitrogens with one attached hydrogen (secondary N) is 1. The number of carboxylic acid groups (broad SMARTS) is 2. The Bertz CT molecular complexity index is 1510. The summed E-state index contributed by atoms with van der Waals surface area (Å²) in [5.74, 6) is -4.79. The Kier molecular flexibility index (Phi) is 7.23. The van der Waals surface area contributed by atoms with Gasteiger partial charge in [-0.3, -0.25) is 9.59 Å². The minimum Gasteiger partial charge on any atom is -0.497 e. The van der Waals surface area contributed by atoms with Crippen LogP contribution in [0.5, 0.6) is 17.2 Å². The van der Waals surface area contributed by atoms with E-state index in [1.54, 1.807) is 43.3 Å². The zero-order valence-corrected chi connectivity index (χ0v) is 22.9. The molecule has 3 N–H and O–H groups in total. The van der Waals surface area contributed by atoms with Crippen LogP contribution in [0.2, 0.25) is 0 Å². The number of ether oxygens (including phenoxy) is 3. The quantitative estimate of drug-likeness (QED) is 0.308. The number of rotatable bonds is 9. The fourth-order valence-electron chi connectivity index (χ4n) is 5.71. The third kappa shape index (κ3) is 5.36. The number of nitrogens with zero attached hydrogens (tertiary/aromatic N) is 1. The van der Waals surface area contributed by atoms with Crippen molar-refractivity contribution in [3.05, 3.63) is 76.5 Å². The largest absolute Gasteiger partial charge is 0.586 e. The molecular formula is C30H30F2N2O7. The molecule has 9 nitrogen and oxygen atoms in total. The van der Waals surface area contributed by atoms with Crippen molar-refractivity contribution in [1.82, 2.24) is 4.98 Å². The standard InChI is InChI=1S/C30H30F2N2O7/c1-14(2)33-23-10-8-20-24(16-5-9-21-22(13-16)41-30(31,32)40-21)26(29(37)38)25(27(20)34-23)19-7-6-18(39-4)12-17(19)11-15(3)28(35)36/h5-10,12-15,24-26H,11H2,1-4H3,(H,33,34)(H,35,36)(H,37,38)/t15?,24-,25-,26+/m0/s1. The molecule has 11 heteroatoms. The van der Waals surface area contributed by atoms with Gasteiger partial charge in [-0.25, -0.2) is 4.98 Å². The molecule has 1 unspecified atom stereocenters. The maximum Gasteiger partial charge on any atom is 0.586 e. The van der Waals surface area contributed by atoms with Crippen molar-refractivity contribution in [3.63, 3.8) is 0 Å². The summed E-state index contributed by atoms with van der Waals surface area (Å²) in [6.45, 7) is 5.48. The number of halogens is 2. The van der Waals surface area contributed by atoms with E-state index in [0.29, 0.717) is 39.5 Å². The number of aromatic nitrogens is 1. The van der Waals surface area contributed by atoms with Gasteiger partial charge in [-0.05, 0) is 72.9 Å². The normalized spacial score (nSPS) is 20.9. The van der Waals surface area contributed by atoms with Crippen LogP contribution in [0, 0.1) is 11.8 Å². The van der Waals surface area contributed by atoms with Crippen molar-refractivity contribution in [2.75, 3.05) is 12.4 Å². The van der Waals surface area contributed by atoms with E-state index in [0.717, 1.165) is 0 Å². The third-order valence-corrected chi connectivity index (χ3v) is 7.44. The lowest BCUT2D eigenvalue weighted by molar-refractivity contribution is -0.286. The summed E-state index contributed by atoms with van der Waals surface area (Å²) in [6, 6.07) is 13.1. The first-order chi connectivity index (χ1) is 19.4. The van der Waals surface area contributed by atoms with Gasteiger partial charge in [-0.2, -0.15) is 0 Å². The van der Waals surface area contributed by atoms with Gasteiger partial charge >= 0.3 is 18.2 Å². The number of aliphatic carboxylic acids is 2. The number of hydrogen-bond donors (Lipinski definition) is 3. The summed E-state index contributed by atoms with van der Waals surface area (Å²) in [5.41, 5.74) is 2.80. The van der Waals surface area contributed by atoms with Crippen LogP contribution in [0.25, 0.3) is 0 Å². The van der Waals surface area contributed by atoms with E-state index in [1.165, 1.54) is 19.2 Å². The Labute approximate surface area is 235 Å². The SMILES string of the molecule is COc1ccc([C@@H]2c3nc(NC(C)C)ccc3[C@H](c3ccc4c(c3)OC(F)(F)O4)[C@H]2C(=O)O)c(CC(C)C(=O)O)c1. The molecule has 0 amide bonds. The number of alkyl halides is 2. The number of anilines is 1. The van der Waals surface area contributed by atoms with E-state index >= 15 is 0 Å². The lowest BCUT2D eigenvalue weighted by atomic mass is 9.78. The topological polar surface area (TPSA) is 127 Å². The molecule has 0 bridgehead atoms. The van der Waals surface area contributed by atoms with Crippen LogP contribution in [-0.2, 0) is 16.0 Å². The zero-order chi connectivity index (χ0) is 29.6. The number of benzene rings is 2. The Morgan fingerprint density at radius 1 is 1.00 bits per heavy atom. The Morgan fingerprint density at radius 3 is 2.37 bits per heavy atom. The molecule has 0 radical (unpaired) electrons. The van der Waals surface area contributed by atoms with Crippen LogP contribution >= 0.6 is 0 Å². The van der Waals surface area contributed by atoms with Gasteiger partial charge in [0.2, 0.25) is 0 Å². The van der Waals surface area contributed by atoms with E-state index in [4.69, 9.17) is 9.72 Å². The molecule has 2 heterocycles. The molecule has 0 saturated carbocycles. The molecule has 216 valence electrons. The fraction of sp³-hybridized carbons (Fsp3) is 0.367. The van der Waals surface area contributed by atoms with Crippen molar-refractivity contribution in [2.24, 2.45) is 11.8 Å². The molecule has 3 aromatic rings. The van der Waals surface area contributed by atoms with E-state index in [2.05, 4.69) is 14.8 Å². The van der Waals surface area contributed by atoms with Crippen LogP contribution in [-0.4, -0.2) is 46.6 Å². The minimum atomic E-state index is -3.82. The van der Waals surface area contributed by atoms with Gasteiger partial charge in [-0.15, -0.1) is 8.78 Å². The van der Waals surface area contributed by atoms with Crippen molar-refractivity contribution in [1.29, 1.82) is 0 Å². The molecule has 1 aliphatic carbocycles. The van der Waals surface area contributed by atoms with Gasteiger partial charge < -0.3 is 29.7 Å². The van der Waals surface area contributed by atoms with Crippen LogP contribution in [0.3, 0.4) is 0 Å². The summed E-state index contributed by atoms with van der Waals surface area (Å²) in [5, 5.41) is 23.5. The maximum absolute atomic E-state index is 13.8. The molecular weight excluding hydrogens is 538 g/mol. The summed E-state index contributed by atoms with van der Waals surface area (Å²) >= 11 is 0. The molecule has 4 atom stereocenters. The molecule has 2 aliphatic rings. The number of hydrogen-bond acceptors (Lipinski definition) is 7. The molecule has 1 aromatic heterocycles. The van der Waals surface area contributed by atoms with E-state index in [1.807, 2.05) is 13.8 Å². The molecule has 0 saturated heterocycles. The maximum atomic E-state index is 13.8. The summed E-state index contributed by atoms with van der Waals surface area (Å²) < 4.78 is 42.2. The highest BCUT2D eigenvalue weighted by Gasteiger charge is 2.50. The number of carboxylic acids is 2. The van der Waals surface area contributed by atoms with Crippen molar-refractivity contribution in [3.8, 4) is 17.2 Å². The monoisotopic (exact) mass is 568 g/mol. The predicted octanol–water partition coefficient (Wildman–Crippen LogP) is 5.47. The first kappa shape index (κ1) is 28.1. The van der Waals surface area contributed by atoms with Crippen molar-refractivity contribution in [2.45, 2.75) is 51.4 Å². The number of pyridine rings is 1. The molecule has 2 aromatic carbocycles. The molecule has 1 aliphatic heterocycles. The van der Waals surface area contributed by atoms with Gasteiger partial charge in [0.15, 0.2) is 11.5 Å². The van der Waals surface area contributed by atoms with Crippen LogP contribution in [0.15, 0.2) is 48.5 Å². The van der Waals surface area contributed by atoms with E-state index in [9.17, 15) is 28.6 Å². The van der Waals surface area contributed by atoms with E-state index in [-0.39, 0.29) is 24.0 Å². The number of fused-ring (bicyclic) bond motifs is 2. The van der Waals surface area contributed by atoms with Crippen LogP contribution in [0.1, 0.15) is 60.6 Å². The summed E-state index contributed by atoms with van der Waals surface area (Å²) in [7, 11) is 1.49. The lowest BCUT2D eigenvalue weighted by Gasteiger charge is -2.25. The van der Waals surface area contributed by atoms with Gasteiger partial charge in [-0.1, -0.05) is 25.1 Å². The fourth-order valence-corrected chi connectivity index (χ4v) is 5.71. The second-order valence-corrected chi connectivity index (χ2v) is 10.7. The smallest absolute Gasteiger partial charge is 0.497 e. The van der Waals surface area contributed by atoms with Crippen molar-refractivity contribution >= 4 is 17.8 Å². The Morgan fingerprint density at radius 2 is 1.71 bits per heavy atom. The van der Waals surface area contributed by atoms with Crippen molar-refractivity contribution < 1.29 is 42.8 Å². The number of methoxy groups -OCH3 is 1. The highest BCUT2D eigenvalue weighted by atomic mass is 19.3. The van der Waals surface area contributed by atoms with E-state index < -0.39 is 41.9 Å². The molecule has 41 heavy (non-hydrogen) atoms. The minimum absolute atomic E-state index is 0.0509. The Hall–Kier alpha value is -4.41. The predicted molar refractivity (Wildman–Crippen MR) is 144 cm³/mol. The molecule has 0 spiro atoms. The Balaban J connectivity index is 1.70. The highest BCUT2D eigenvalue weighted by molar-refractivity contribution is 5.78. The van der Waals surface area contributed by atoms with Gasteiger partial charge in [0.05, 0.1) is 24.6 Å². The second-order valence-electron chi connectivity index (χ2n) is 10.7. The summed E-state index contributed by atoms with van der Waals surface area (Å²) in [4.78, 5) is 29.7. The third-order valence-electron chi connectivity index (χ3n) is 7.44. The average Bonchev–Trinajstić information content (AvgIpc) is 3.40. The first-order valence-electron chi connectivity index (χ1n) is 13.2. The van der Waals surface area contributed by atoms with Gasteiger partial charge in [0.1, 0.15) is 11.6 Å². The average molecular weight is 569 g/mol. The second kappa shape index (κ2) is 10.5.